The third-order valence-electron chi connectivity index (χ3n) is 4.52. The fraction of sp³-hybridized carbons (Fsp3) is 0.467. The Labute approximate surface area is 117 Å². The quantitative estimate of drug-likeness (QED) is 0.867. The van der Waals surface area contributed by atoms with Gasteiger partial charge in [-0.15, -0.1) is 0 Å². The molecule has 1 heterocycles. The standard InChI is InChI=1S/C15H18N2O3/c16-13(18)12-2-1-9-17(12)15(7-8-15)11-5-3-10(4-6-11)14(19)20/h3-6,12H,1-2,7-9H2,(H2,16,18)(H,19,20)/t12-/m1/s1. The number of likely N-dealkylation sites (tertiary alicyclic amines) is 1. The molecule has 0 bridgehead atoms. The molecule has 1 aromatic carbocycles. The summed E-state index contributed by atoms with van der Waals surface area (Å²) < 4.78 is 0. The van der Waals surface area contributed by atoms with Crippen molar-refractivity contribution in [3.05, 3.63) is 35.4 Å². The molecule has 5 nitrogen and oxygen atoms in total. The molecule has 1 aliphatic carbocycles. The van der Waals surface area contributed by atoms with Crippen LogP contribution in [0.1, 0.15) is 41.6 Å². The van der Waals surface area contributed by atoms with E-state index in [1.807, 2.05) is 12.1 Å². The topological polar surface area (TPSA) is 83.6 Å². The van der Waals surface area contributed by atoms with E-state index in [-0.39, 0.29) is 23.1 Å². The lowest BCUT2D eigenvalue weighted by Crippen LogP contribution is -2.46. The Bertz CT molecular complexity index is 549. The summed E-state index contributed by atoms with van der Waals surface area (Å²) in [6.45, 7) is 0.883. The first-order valence-corrected chi connectivity index (χ1v) is 6.94. The molecular weight excluding hydrogens is 256 g/mol. The van der Waals surface area contributed by atoms with Gasteiger partial charge in [-0.3, -0.25) is 9.69 Å². The van der Waals surface area contributed by atoms with Crippen molar-refractivity contribution in [2.45, 2.75) is 37.3 Å². The zero-order valence-electron chi connectivity index (χ0n) is 11.2. The minimum absolute atomic E-state index is 0.104. The number of benzene rings is 1. The van der Waals surface area contributed by atoms with Crippen LogP contribution in [0.25, 0.3) is 0 Å². The van der Waals surface area contributed by atoms with E-state index < -0.39 is 5.97 Å². The summed E-state index contributed by atoms with van der Waals surface area (Å²) in [6, 6.07) is 6.82. The van der Waals surface area contributed by atoms with Crippen LogP contribution in [-0.4, -0.2) is 34.5 Å². The first kappa shape index (κ1) is 13.1. The van der Waals surface area contributed by atoms with E-state index in [0.29, 0.717) is 0 Å². The van der Waals surface area contributed by atoms with E-state index in [9.17, 15) is 9.59 Å². The van der Waals surface area contributed by atoms with Crippen molar-refractivity contribution in [3.8, 4) is 0 Å². The molecule has 2 aliphatic rings. The number of carboxylic acids is 1. The lowest BCUT2D eigenvalue weighted by molar-refractivity contribution is -0.123. The molecule has 1 saturated heterocycles. The Morgan fingerprint density at radius 3 is 2.40 bits per heavy atom. The SMILES string of the molecule is NC(=O)[C@H]1CCCN1C1(c2ccc(C(=O)O)cc2)CC1. The van der Waals surface area contributed by atoms with E-state index in [1.165, 1.54) is 0 Å². The molecule has 1 amide bonds. The molecular formula is C15H18N2O3. The van der Waals surface area contributed by atoms with E-state index in [2.05, 4.69) is 4.90 Å². The van der Waals surface area contributed by atoms with E-state index >= 15 is 0 Å². The highest BCUT2D eigenvalue weighted by Crippen LogP contribution is 2.53. The number of primary amides is 1. The molecule has 0 aromatic heterocycles. The predicted octanol–water partition coefficient (Wildman–Crippen LogP) is 1.32. The summed E-state index contributed by atoms with van der Waals surface area (Å²) in [5.41, 5.74) is 6.77. The van der Waals surface area contributed by atoms with Crippen LogP contribution in [0.15, 0.2) is 24.3 Å². The second kappa shape index (κ2) is 4.59. The van der Waals surface area contributed by atoms with Crippen molar-refractivity contribution < 1.29 is 14.7 Å². The van der Waals surface area contributed by atoms with Gasteiger partial charge in [-0.1, -0.05) is 12.1 Å². The number of carbonyl (C=O) groups excluding carboxylic acids is 1. The van der Waals surface area contributed by atoms with Crippen LogP contribution >= 0.6 is 0 Å². The Hall–Kier alpha value is -1.88. The van der Waals surface area contributed by atoms with Crippen molar-refractivity contribution in [1.29, 1.82) is 0 Å². The number of hydrogen-bond donors (Lipinski definition) is 2. The normalized spacial score (nSPS) is 24.5. The fourth-order valence-corrected chi connectivity index (χ4v) is 3.36. The zero-order valence-corrected chi connectivity index (χ0v) is 11.2. The molecule has 0 unspecified atom stereocenters. The first-order chi connectivity index (χ1) is 9.54. The van der Waals surface area contributed by atoms with Crippen LogP contribution in [0.2, 0.25) is 0 Å². The molecule has 1 atom stereocenters. The lowest BCUT2D eigenvalue weighted by Gasteiger charge is -2.32. The highest BCUT2D eigenvalue weighted by Gasteiger charge is 2.53. The zero-order chi connectivity index (χ0) is 14.3. The van der Waals surface area contributed by atoms with Crippen LogP contribution in [0.5, 0.6) is 0 Å². The number of nitrogens with two attached hydrogens (primary N) is 1. The molecule has 1 saturated carbocycles. The van der Waals surface area contributed by atoms with Crippen molar-refractivity contribution in [1.82, 2.24) is 4.90 Å². The second-order valence-corrected chi connectivity index (χ2v) is 5.67. The molecule has 2 fully saturated rings. The average molecular weight is 274 g/mol. The maximum absolute atomic E-state index is 11.6. The summed E-state index contributed by atoms with van der Waals surface area (Å²) in [5.74, 6) is -1.17. The number of amides is 1. The van der Waals surface area contributed by atoms with Gasteiger partial charge in [0, 0.05) is 5.54 Å². The molecule has 3 rings (SSSR count). The highest BCUT2D eigenvalue weighted by molar-refractivity contribution is 5.87. The predicted molar refractivity (Wildman–Crippen MR) is 73.2 cm³/mol. The maximum atomic E-state index is 11.6. The van der Waals surface area contributed by atoms with Crippen molar-refractivity contribution >= 4 is 11.9 Å². The van der Waals surface area contributed by atoms with Gasteiger partial charge in [-0.25, -0.2) is 4.79 Å². The van der Waals surface area contributed by atoms with Gasteiger partial charge in [-0.2, -0.15) is 0 Å². The Morgan fingerprint density at radius 2 is 1.90 bits per heavy atom. The molecule has 1 aliphatic heterocycles. The maximum Gasteiger partial charge on any atom is 0.335 e. The number of carbonyl (C=O) groups is 2. The monoisotopic (exact) mass is 274 g/mol. The third kappa shape index (κ3) is 1.98. The van der Waals surface area contributed by atoms with E-state index in [0.717, 1.165) is 37.8 Å². The molecule has 106 valence electrons. The van der Waals surface area contributed by atoms with Crippen LogP contribution < -0.4 is 5.73 Å². The van der Waals surface area contributed by atoms with Gasteiger partial charge in [0.1, 0.15) is 0 Å². The molecule has 5 heteroatoms. The minimum Gasteiger partial charge on any atom is -0.478 e. The van der Waals surface area contributed by atoms with E-state index in [1.54, 1.807) is 12.1 Å². The van der Waals surface area contributed by atoms with Crippen molar-refractivity contribution in [2.75, 3.05) is 6.54 Å². The Balaban J connectivity index is 1.88. The van der Waals surface area contributed by atoms with Gasteiger partial charge >= 0.3 is 5.97 Å². The molecule has 3 N–H and O–H groups in total. The second-order valence-electron chi connectivity index (χ2n) is 5.67. The Morgan fingerprint density at radius 1 is 1.25 bits per heavy atom. The minimum atomic E-state index is -0.919. The molecule has 20 heavy (non-hydrogen) atoms. The average Bonchev–Trinajstić information content (AvgIpc) is 3.08. The van der Waals surface area contributed by atoms with Gasteiger partial charge in [0.15, 0.2) is 0 Å². The summed E-state index contributed by atoms with van der Waals surface area (Å²) in [6.07, 6.45) is 3.82. The van der Waals surface area contributed by atoms with Crippen molar-refractivity contribution in [2.24, 2.45) is 5.73 Å². The molecule has 0 radical (unpaired) electrons. The summed E-state index contributed by atoms with van der Waals surface area (Å²) in [4.78, 5) is 24.7. The van der Waals surface area contributed by atoms with Crippen molar-refractivity contribution in [3.63, 3.8) is 0 Å². The molecule has 1 aromatic rings. The van der Waals surface area contributed by atoms with E-state index in [4.69, 9.17) is 10.8 Å². The lowest BCUT2D eigenvalue weighted by atomic mass is 10.00. The summed E-state index contributed by atoms with van der Waals surface area (Å²) in [7, 11) is 0. The van der Waals surface area contributed by atoms with Gasteiger partial charge in [0.25, 0.3) is 0 Å². The fourth-order valence-electron chi connectivity index (χ4n) is 3.36. The van der Waals surface area contributed by atoms with Gasteiger partial charge in [0.2, 0.25) is 5.91 Å². The first-order valence-electron chi connectivity index (χ1n) is 6.94. The largest absolute Gasteiger partial charge is 0.478 e. The number of nitrogens with zero attached hydrogens (tertiary/aromatic N) is 1. The smallest absolute Gasteiger partial charge is 0.335 e. The molecule has 0 spiro atoms. The van der Waals surface area contributed by atoms with Crippen LogP contribution in [0.3, 0.4) is 0 Å². The van der Waals surface area contributed by atoms with Gasteiger partial charge < -0.3 is 10.8 Å². The Kier molecular flexibility index (Phi) is 3.01. The number of aromatic carboxylic acids is 1. The van der Waals surface area contributed by atoms with Gasteiger partial charge in [0.05, 0.1) is 11.6 Å². The third-order valence-corrected chi connectivity index (χ3v) is 4.52. The highest BCUT2D eigenvalue weighted by atomic mass is 16.4. The number of rotatable bonds is 4. The van der Waals surface area contributed by atoms with Crippen LogP contribution in [-0.2, 0) is 10.3 Å². The van der Waals surface area contributed by atoms with Crippen LogP contribution in [0.4, 0.5) is 0 Å². The van der Waals surface area contributed by atoms with Gasteiger partial charge in [-0.05, 0) is 49.9 Å². The summed E-state index contributed by atoms with van der Waals surface area (Å²) in [5, 5.41) is 8.95. The summed E-state index contributed by atoms with van der Waals surface area (Å²) >= 11 is 0. The van der Waals surface area contributed by atoms with Crippen LogP contribution in [0, 0.1) is 0 Å². The number of hydrogen-bond acceptors (Lipinski definition) is 3. The number of carboxylic acid groups (broad SMARTS) is 1.